The van der Waals surface area contributed by atoms with Gasteiger partial charge in [-0.2, -0.15) is 0 Å². The number of nitrogens with zero attached hydrogens (tertiary/aromatic N) is 1. The molecule has 2 N–H and O–H groups in total. The molecule has 0 spiro atoms. The molecule has 1 aliphatic heterocycles. The van der Waals surface area contributed by atoms with Crippen LogP contribution in [-0.2, 0) is 4.79 Å². The molecule has 0 bridgehead atoms. The molecule has 1 aliphatic carbocycles. The Balaban J connectivity index is 1.75. The van der Waals surface area contributed by atoms with Crippen molar-refractivity contribution in [3.63, 3.8) is 0 Å². The first-order valence-corrected chi connectivity index (χ1v) is 5.35. The molecule has 78 valence electrons. The minimum atomic E-state index is 0.288. The second kappa shape index (κ2) is 3.73. The van der Waals surface area contributed by atoms with Crippen molar-refractivity contribution in [2.45, 2.75) is 31.7 Å². The fourth-order valence-corrected chi connectivity index (χ4v) is 2.34. The summed E-state index contributed by atoms with van der Waals surface area (Å²) in [7, 11) is 0. The van der Waals surface area contributed by atoms with E-state index in [9.17, 15) is 4.79 Å². The maximum Gasteiger partial charge on any atom is 0.223 e. The van der Waals surface area contributed by atoms with Crippen LogP contribution < -0.4 is 5.73 Å². The zero-order valence-electron chi connectivity index (χ0n) is 8.54. The maximum atomic E-state index is 11.7. The van der Waals surface area contributed by atoms with Crippen molar-refractivity contribution in [2.75, 3.05) is 13.1 Å². The fourth-order valence-electron chi connectivity index (χ4n) is 2.34. The van der Waals surface area contributed by atoms with Crippen molar-refractivity contribution in [1.29, 1.82) is 0 Å². The van der Waals surface area contributed by atoms with Crippen molar-refractivity contribution >= 4 is 5.91 Å². The van der Waals surface area contributed by atoms with Crippen LogP contribution in [0.25, 0.3) is 0 Å². The van der Waals surface area contributed by atoms with Gasteiger partial charge in [0.25, 0.3) is 0 Å². The van der Waals surface area contributed by atoms with E-state index in [1.807, 2.05) is 4.90 Å². The Kier molecular flexibility index (Phi) is 2.59. The molecule has 1 heterocycles. The summed E-state index contributed by atoms with van der Waals surface area (Å²) in [6.45, 7) is 5.37. The number of hydrogen-bond acceptors (Lipinski definition) is 2. The summed E-state index contributed by atoms with van der Waals surface area (Å²) < 4.78 is 0. The van der Waals surface area contributed by atoms with E-state index in [0.29, 0.717) is 18.4 Å². The van der Waals surface area contributed by atoms with E-state index in [-0.39, 0.29) is 5.91 Å². The number of likely N-dealkylation sites (tertiary alicyclic amines) is 1. The van der Waals surface area contributed by atoms with Crippen LogP contribution in [-0.4, -0.2) is 29.9 Å². The van der Waals surface area contributed by atoms with E-state index in [1.54, 1.807) is 0 Å². The first-order valence-electron chi connectivity index (χ1n) is 5.35. The molecule has 0 aromatic rings. The second-order valence-corrected chi connectivity index (χ2v) is 4.64. The predicted octanol–water partition coefficient (Wildman–Crippen LogP) is 0.902. The van der Waals surface area contributed by atoms with Gasteiger partial charge in [0.2, 0.25) is 5.91 Å². The summed E-state index contributed by atoms with van der Waals surface area (Å²) in [6.07, 6.45) is 3.94. The summed E-state index contributed by atoms with van der Waals surface area (Å²) in [5.74, 6) is 0.822. The van der Waals surface area contributed by atoms with E-state index in [2.05, 4.69) is 6.58 Å². The first-order chi connectivity index (χ1) is 6.65. The van der Waals surface area contributed by atoms with Crippen LogP contribution in [0.5, 0.6) is 0 Å². The molecule has 3 heteroatoms. The summed E-state index contributed by atoms with van der Waals surface area (Å²) in [6, 6.07) is 0.333. The van der Waals surface area contributed by atoms with Gasteiger partial charge in [-0.1, -0.05) is 6.58 Å². The summed E-state index contributed by atoms with van der Waals surface area (Å²) >= 11 is 0. The molecule has 2 aliphatic rings. The van der Waals surface area contributed by atoms with Crippen LogP contribution in [0.4, 0.5) is 0 Å². The molecule has 14 heavy (non-hydrogen) atoms. The topological polar surface area (TPSA) is 46.3 Å². The molecular formula is C11H18N2O. The van der Waals surface area contributed by atoms with Gasteiger partial charge in [-0.25, -0.2) is 0 Å². The highest BCUT2D eigenvalue weighted by Gasteiger charge is 2.29. The number of carbonyl (C=O) groups excluding carboxylic acids is 1. The lowest BCUT2D eigenvalue weighted by atomic mass is 10.0. The van der Waals surface area contributed by atoms with Gasteiger partial charge < -0.3 is 10.6 Å². The Morgan fingerprint density at radius 2 is 2.21 bits per heavy atom. The van der Waals surface area contributed by atoms with Crippen molar-refractivity contribution in [2.24, 2.45) is 11.7 Å². The predicted molar refractivity (Wildman–Crippen MR) is 55.7 cm³/mol. The standard InChI is InChI=1S/C11H18N2O/c1-8-6-13(7-8)11(14)5-9-2-3-10(12)4-9/h9-10H,1-7,12H2. The quantitative estimate of drug-likeness (QED) is 0.664. The Morgan fingerprint density at radius 3 is 2.71 bits per heavy atom. The third-order valence-electron chi connectivity index (χ3n) is 3.23. The van der Waals surface area contributed by atoms with Crippen molar-refractivity contribution < 1.29 is 4.79 Å². The van der Waals surface area contributed by atoms with E-state index in [4.69, 9.17) is 5.73 Å². The SMILES string of the molecule is C=C1CN(C(=O)CC2CCC(N)C2)C1. The van der Waals surface area contributed by atoms with Crippen LogP contribution in [0, 0.1) is 5.92 Å². The van der Waals surface area contributed by atoms with Crippen molar-refractivity contribution in [1.82, 2.24) is 4.90 Å². The summed E-state index contributed by atoms with van der Waals surface area (Å²) in [5.41, 5.74) is 6.97. The molecule has 0 aromatic carbocycles. The van der Waals surface area contributed by atoms with Crippen LogP contribution in [0.2, 0.25) is 0 Å². The maximum absolute atomic E-state index is 11.7. The molecule has 2 fully saturated rings. The normalized spacial score (nSPS) is 31.8. The highest BCUT2D eigenvalue weighted by atomic mass is 16.2. The summed E-state index contributed by atoms with van der Waals surface area (Å²) in [4.78, 5) is 13.6. The van der Waals surface area contributed by atoms with Crippen molar-refractivity contribution in [3.05, 3.63) is 12.2 Å². The minimum Gasteiger partial charge on any atom is -0.335 e. The third kappa shape index (κ3) is 1.98. The molecule has 1 saturated carbocycles. The molecule has 2 unspecified atom stereocenters. The molecule has 2 rings (SSSR count). The van der Waals surface area contributed by atoms with E-state index >= 15 is 0 Å². The molecule has 1 saturated heterocycles. The van der Waals surface area contributed by atoms with Gasteiger partial charge in [0.15, 0.2) is 0 Å². The number of hydrogen-bond donors (Lipinski definition) is 1. The van der Waals surface area contributed by atoms with Crippen molar-refractivity contribution in [3.8, 4) is 0 Å². The van der Waals surface area contributed by atoms with E-state index in [1.165, 1.54) is 5.57 Å². The van der Waals surface area contributed by atoms with Gasteiger partial charge in [0.05, 0.1) is 0 Å². The van der Waals surface area contributed by atoms with E-state index < -0.39 is 0 Å². The van der Waals surface area contributed by atoms with Crippen LogP contribution >= 0.6 is 0 Å². The Morgan fingerprint density at radius 1 is 1.50 bits per heavy atom. The van der Waals surface area contributed by atoms with Gasteiger partial charge in [0, 0.05) is 25.6 Å². The zero-order chi connectivity index (χ0) is 10.1. The largest absolute Gasteiger partial charge is 0.335 e. The lowest BCUT2D eigenvalue weighted by molar-refractivity contribution is -0.133. The lowest BCUT2D eigenvalue weighted by Crippen LogP contribution is -2.44. The minimum absolute atomic E-state index is 0.288. The number of amides is 1. The first kappa shape index (κ1) is 9.71. The molecule has 2 atom stereocenters. The number of nitrogens with two attached hydrogens (primary N) is 1. The Bertz CT molecular complexity index is 254. The van der Waals surface area contributed by atoms with Gasteiger partial charge in [-0.15, -0.1) is 0 Å². The van der Waals surface area contributed by atoms with Crippen LogP contribution in [0.15, 0.2) is 12.2 Å². The second-order valence-electron chi connectivity index (χ2n) is 4.64. The molecular weight excluding hydrogens is 176 g/mol. The molecule has 0 radical (unpaired) electrons. The van der Waals surface area contributed by atoms with Gasteiger partial charge >= 0.3 is 0 Å². The highest BCUT2D eigenvalue weighted by Crippen LogP contribution is 2.28. The van der Waals surface area contributed by atoms with Gasteiger partial charge in [-0.3, -0.25) is 4.79 Å². The third-order valence-corrected chi connectivity index (χ3v) is 3.23. The Labute approximate surface area is 84.9 Å². The van der Waals surface area contributed by atoms with Crippen LogP contribution in [0.3, 0.4) is 0 Å². The van der Waals surface area contributed by atoms with Gasteiger partial charge in [0.1, 0.15) is 0 Å². The lowest BCUT2D eigenvalue weighted by Gasteiger charge is -2.34. The number of carbonyl (C=O) groups is 1. The fraction of sp³-hybridized carbons (Fsp3) is 0.727. The van der Waals surface area contributed by atoms with E-state index in [0.717, 1.165) is 32.4 Å². The molecule has 3 nitrogen and oxygen atoms in total. The molecule has 1 amide bonds. The summed E-state index contributed by atoms with van der Waals surface area (Å²) in [5, 5.41) is 0. The van der Waals surface area contributed by atoms with Gasteiger partial charge in [-0.05, 0) is 30.8 Å². The smallest absolute Gasteiger partial charge is 0.223 e. The Hall–Kier alpha value is -0.830. The zero-order valence-corrected chi connectivity index (χ0v) is 8.54. The average Bonchev–Trinajstić information content (AvgIpc) is 2.45. The van der Waals surface area contributed by atoms with Crippen LogP contribution in [0.1, 0.15) is 25.7 Å². The molecule has 0 aromatic heterocycles. The average molecular weight is 194 g/mol. The number of rotatable bonds is 2. The monoisotopic (exact) mass is 194 g/mol. The highest BCUT2D eigenvalue weighted by molar-refractivity contribution is 5.78.